The van der Waals surface area contributed by atoms with Crippen LogP contribution < -0.4 is 20.7 Å². The number of methoxy groups -OCH3 is 2. The van der Waals surface area contributed by atoms with E-state index >= 15 is 0 Å². The smallest absolute Gasteiger partial charge is 0.319 e. The third-order valence-electron chi connectivity index (χ3n) is 3.38. The molecule has 0 radical (unpaired) electrons. The lowest BCUT2D eigenvalue weighted by molar-refractivity contribution is -0.134. The van der Waals surface area contributed by atoms with Crippen molar-refractivity contribution in [3.8, 4) is 5.75 Å². The molecule has 0 saturated carbocycles. The Balaban J connectivity index is 0.000000648. The normalized spacial score (nSPS) is 19.0. The summed E-state index contributed by atoms with van der Waals surface area (Å²) in [5.41, 5.74) is 1.71. The molecule has 1 saturated heterocycles. The summed E-state index contributed by atoms with van der Waals surface area (Å²) in [5, 5.41) is 16.3. The lowest BCUT2D eigenvalue weighted by Gasteiger charge is -2.19. The minimum atomic E-state index is -0.833. The van der Waals surface area contributed by atoms with E-state index in [2.05, 4.69) is 16.0 Å². The molecule has 0 aromatic heterocycles. The van der Waals surface area contributed by atoms with Crippen molar-refractivity contribution in [1.82, 2.24) is 10.6 Å². The predicted molar refractivity (Wildman–Crippen MR) is 90.6 cm³/mol. The zero-order valence-electron chi connectivity index (χ0n) is 14.4. The Labute approximate surface area is 141 Å². The Morgan fingerprint density at radius 2 is 1.96 bits per heavy atom. The van der Waals surface area contributed by atoms with Gasteiger partial charge >= 0.3 is 6.03 Å². The molecular formula is C16H25N3O5. The van der Waals surface area contributed by atoms with Crippen LogP contribution in [0.1, 0.15) is 12.5 Å². The molecule has 1 aliphatic rings. The van der Waals surface area contributed by atoms with E-state index in [1.807, 2.05) is 25.1 Å². The van der Waals surface area contributed by atoms with Crippen LogP contribution in [0.15, 0.2) is 18.2 Å². The Morgan fingerprint density at radius 3 is 2.54 bits per heavy atom. The Kier molecular flexibility index (Phi) is 8.00. The summed E-state index contributed by atoms with van der Waals surface area (Å²) in [7, 11) is 3.23. The number of amides is 2. The predicted octanol–water partition coefficient (Wildman–Crippen LogP) is 1.20. The summed E-state index contributed by atoms with van der Waals surface area (Å²) in [6.07, 6.45) is 0.000144. The fourth-order valence-electron chi connectivity index (χ4n) is 2.29. The first-order chi connectivity index (χ1) is 11.4. The molecule has 24 heavy (non-hydrogen) atoms. The average Bonchev–Trinajstić information content (AvgIpc) is 2.94. The number of benzene rings is 1. The van der Waals surface area contributed by atoms with E-state index in [1.165, 1.54) is 0 Å². The molecule has 0 bridgehead atoms. The number of hydrogen-bond donors (Lipinski definition) is 4. The summed E-state index contributed by atoms with van der Waals surface area (Å²) >= 11 is 0. The highest BCUT2D eigenvalue weighted by Gasteiger charge is 2.28. The highest BCUT2D eigenvalue weighted by atomic mass is 16.5. The van der Waals surface area contributed by atoms with E-state index in [4.69, 9.17) is 19.4 Å². The fraction of sp³-hybridized carbons (Fsp3) is 0.500. The van der Waals surface area contributed by atoms with E-state index in [0.717, 1.165) is 19.0 Å². The summed E-state index contributed by atoms with van der Waals surface area (Å²) in [5.74, 6) is -0.196. The number of anilines is 1. The Hall–Kier alpha value is -2.32. The molecule has 1 heterocycles. The number of carboxylic acids is 1. The summed E-state index contributed by atoms with van der Waals surface area (Å²) < 4.78 is 10.5. The van der Waals surface area contributed by atoms with Crippen LogP contribution >= 0.6 is 0 Å². The van der Waals surface area contributed by atoms with E-state index in [-0.39, 0.29) is 18.2 Å². The van der Waals surface area contributed by atoms with Crippen molar-refractivity contribution in [3.05, 3.63) is 23.8 Å². The molecule has 1 aromatic rings. The number of nitrogens with one attached hydrogen (secondary N) is 3. The van der Waals surface area contributed by atoms with Gasteiger partial charge in [0.25, 0.3) is 5.97 Å². The molecule has 1 aromatic carbocycles. The van der Waals surface area contributed by atoms with Crippen LogP contribution in [0.25, 0.3) is 0 Å². The largest absolute Gasteiger partial charge is 0.495 e. The number of aryl methyl sites for hydroxylation is 1. The molecule has 134 valence electrons. The number of rotatable bonds is 4. The molecule has 0 unspecified atom stereocenters. The SMILES string of the molecule is CC(=O)O.COc1ccc(C)cc1NC(=O)N[C@H]1CNC[C@@H]1OC. The zero-order valence-corrected chi connectivity index (χ0v) is 14.4. The number of urea groups is 1. The van der Waals surface area contributed by atoms with Crippen LogP contribution in [0.5, 0.6) is 5.75 Å². The number of aliphatic carboxylic acids is 1. The molecule has 0 spiro atoms. The molecular weight excluding hydrogens is 314 g/mol. The van der Waals surface area contributed by atoms with Crippen LogP contribution in [0.2, 0.25) is 0 Å². The topological polar surface area (TPSA) is 109 Å². The van der Waals surface area contributed by atoms with Gasteiger partial charge in [-0.2, -0.15) is 0 Å². The minimum Gasteiger partial charge on any atom is -0.495 e. The molecule has 0 aliphatic carbocycles. The first-order valence-electron chi connectivity index (χ1n) is 7.52. The molecule has 2 rings (SSSR count). The highest BCUT2D eigenvalue weighted by molar-refractivity contribution is 5.91. The van der Waals surface area contributed by atoms with Crippen LogP contribution in [0, 0.1) is 6.92 Å². The van der Waals surface area contributed by atoms with Crippen molar-refractivity contribution in [2.75, 3.05) is 32.6 Å². The maximum Gasteiger partial charge on any atom is 0.319 e. The third kappa shape index (κ3) is 6.43. The van der Waals surface area contributed by atoms with Gasteiger partial charge in [0.1, 0.15) is 5.75 Å². The van der Waals surface area contributed by atoms with Gasteiger partial charge in [-0.3, -0.25) is 4.79 Å². The molecule has 2 atom stereocenters. The molecule has 8 nitrogen and oxygen atoms in total. The van der Waals surface area contributed by atoms with Crippen LogP contribution in [-0.2, 0) is 9.53 Å². The summed E-state index contributed by atoms with van der Waals surface area (Å²) in [6.45, 7) is 4.50. The lowest BCUT2D eigenvalue weighted by atomic mass is 10.2. The Bertz CT molecular complexity index is 561. The van der Waals surface area contributed by atoms with Crippen molar-refractivity contribution in [3.63, 3.8) is 0 Å². The van der Waals surface area contributed by atoms with Gasteiger partial charge in [-0.05, 0) is 24.6 Å². The maximum atomic E-state index is 12.0. The van der Waals surface area contributed by atoms with Gasteiger partial charge in [-0.25, -0.2) is 4.79 Å². The molecule has 1 fully saturated rings. The van der Waals surface area contributed by atoms with Crippen molar-refractivity contribution in [1.29, 1.82) is 0 Å². The van der Waals surface area contributed by atoms with E-state index < -0.39 is 5.97 Å². The second kappa shape index (κ2) is 9.74. The second-order valence-corrected chi connectivity index (χ2v) is 5.36. The van der Waals surface area contributed by atoms with Crippen LogP contribution in [0.4, 0.5) is 10.5 Å². The van der Waals surface area contributed by atoms with Crippen molar-refractivity contribution < 1.29 is 24.2 Å². The lowest BCUT2D eigenvalue weighted by Crippen LogP contribution is -2.45. The zero-order chi connectivity index (χ0) is 18.1. The van der Waals surface area contributed by atoms with Gasteiger partial charge in [0.15, 0.2) is 0 Å². The third-order valence-corrected chi connectivity index (χ3v) is 3.38. The van der Waals surface area contributed by atoms with E-state index in [0.29, 0.717) is 18.0 Å². The average molecular weight is 339 g/mol. The van der Waals surface area contributed by atoms with E-state index in [1.54, 1.807) is 14.2 Å². The van der Waals surface area contributed by atoms with E-state index in [9.17, 15) is 4.79 Å². The standard InChI is InChI=1S/C14H21N3O3.C2H4O2/c1-9-4-5-12(19-2)10(6-9)16-14(18)17-11-7-15-8-13(11)20-3;1-2(3)4/h4-6,11,13,15H,7-8H2,1-3H3,(H2,16,17,18);1H3,(H,3,4)/t11-,13-;/m0./s1. The van der Waals surface area contributed by atoms with Crippen LogP contribution in [-0.4, -0.2) is 56.6 Å². The van der Waals surface area contributed by atoms with Gasteiger partial charge in [0.05, 0.1) is 24.9 Å². The van der Waals surface area contributed by atoms with Crippen molar-refractivity contribution in [2.24, 2.45) is 0 Å². The van der Waals surface area contributed by atoms with Gasteiger partial charge in [-0.15, -0.1) is 0 Å². The quantitative estimate of drug-likeness (QED) is 0.656. The molecule has 4 N–H and O–H groups in total. The monoisotopic (exact) mass is 339 g/mol. The summed E-state index contributed by atoms with van der Waals surface area (Å²) in [6, 6.07) is 5.35. The van der Waals surface area contributed by atoms with Gasteiger partial charge in [-0.1, -0.05) is 6.07 Å². The van der Waals surface area contributed by atoms with Crippen LogP contribution in [0.3, 0.4) is 0 Å². The summed E-state index contributed by atoms with van der Waals surface area (Å²) in [4.78, 5) is 21.0. The number of carboxylic acid groups (broad SMARTS) is 1. The molecule has 1 aliphatic heterocycles. The number of carbonyl (C=O) groups is 2. The number of carbonyl (C=O) groups excluding carboxylic acids is 1. The molecule has 2 amide bonds. The fourth-order valence-corrected chi connectivity index (χ4v) is 2.29. The molecule has 8 heteroatoms. The minimum absolute atomic E-state index is 0.000144. The van der Waals surface area contributed by atoms with Crippen molar-refractivity contribution in [2.45, 2.75) is 26.0 Å². The first kappa shape index (κ1) is 19.7. The van der Waals surface area contributed by atoms with Gasteiger partial charge in [0.2, 0.25) is 0 Å². The Morgan fingerprint density at radius 1 is 1.29 bits per heavy atom. The van der Waals surface area contributed by atoms with Crippen molar-refractivity contribution >= 4 is 17.7 Å². The second-order valence-electron chi connectivity index (χ2n) is 5.36. The van der Waals surface area contributed by atoms with Gasteiger partial charge in [0, 0.05) is 27.1 Å². The maximum absolute atomic E-state index is 12.0. The van der Waals surface area contributed by atoms with Gasteiger partial charge < -0.3 is 30.5 Å². The number of hydrogen-bond acceptors (Lipinski definition) is 5. The number of ether oxygens (including phenoxy) is 2. The highest BCUT2D eigenvalue weighted by Crippen LogP contribution is 2.25. The first-order valence-corrected chi connectivity index (χ1v) is 7.52.